The SMILES string of the molecule is CC(N)Cc1ccc(OCc2cccc(C#N)c2)c(Cl)c1. The van der Waals surface area contributed by atoms with E-state index in [2.05, 4.69) is 6.07 Å². The van der Waals surface area contributed by atoms with Crippen molar-refractivity contribution in [1.82, 2.24) is 0 Å². The third-order valence-electron chi connectivity index (χ3n) is 3.00. The van der Waals surface area contributed by atoms with Crippen LogP contribution in [-0.2, 0) is 13.0 Å². The van der Waals surface area contributed by atoms with Crippen molar-refractivity contribution >= 4 is 11.6 Å². The van der Waals surface area contributed by atoms with Gasteiger partial charge in [-0.25, -0.2) is 0 Å². The van der Waals surface area contributed by atoms with Crippen LogP contribution in [0.5, 0.6) is 5.75 Å². The second-order valence-corrected chi connectivity index (χ2v) is 5.45. The molecule has 0 aliphatic heterocycles. The summed E-state index contributed by atoms with van der Waals surface area (Å²) in [7, 11) is 0. The number of nitrogens with two attached hydrogens (primary N) is 1. The van der Waals surface area contributed by atoms with Crippen molar-refractivity contribution in [2.24, 2.45) is 5.73 Å². The normalized spacial score (nSPS) is 11.7. The topological polar surface area (TPSA) is 59.0 Å². The van der Waals surface area contributed by atoms with Gasteiger partial charge in [-0.1, -0.05) is 29.8 Å². The van der Waals surface area contributed by atoms with Crippen LogP contribution in [0.2, 0.25) is 5.02 Å². The molecular weight excluding hydrogens is 284 g/mol. The standard InChI is InChI=1S/C17H17ClN2O/c1-12(20)7-13-5-6-17(16(18)9-13)21-11-15-4-2-3-14(8-15)10-19/h2-6,8-9,12H,7,11,20H2,1H3. The predicted octanol–water partition coefficient (Wildman–Crippen LogP) is 3.68. The molecule has 1 unspecified atom stereocenters. The van der Waals surface area contributed by atoms with Crippen LogP contribution in [0.3, 0.4) is 0 Å². The van der Waals surface area contributed by atoms with E-state index in [1.54, 1.807) is 12.1 Å². The molecule has 0 aliphatic carbocycles. The van der Waals surface area contributed by atoms with E-state index in [0.717, 1.165) is 17.5 Å². The molecule has 3 nitrogen and oxygen atoms in total. The van der Waals surface area contributed by atoms with Gasteiger partial charge in [0.1, 0.15) is 12.4 Å². The summed E-state index contributed by atoms with van der Waals surface area (Å²) >= 11 is 6.22. The highest BCUT2D eigenvalue weighted by molar-refractivity contribution is 6.32. The number of hydrogen-bond donors (Lipinski definition) is 1. The minimum Gasteiger partial charge on any atom is -0.487 e. The van der Waals surface area contributed by atoms with Gasteiger partial charge in [0.25, 0.3) is 0 Å². The molecule has 0 aliphatic rings. The molecule has 2 N–H and O–H groups in total. The van der Waals surface area contributed by atoms with Crippen LogP contribution < -0.4 is 10.5 Å². The van der Waals surface area contributed by atoms with Crippen molar-refractivity contribution in [3.8, 4) is 11.8 Å². The molecule has 2 aromatic carbocycles. The fourth-order valence-electron chi connectivity index (χ4n) is 2.05. The molecule has 21 heavy (non-hydrogen) atoms. The van der Waals surface area contributed by atoms with Crippen LogP contribution in [0.1, 0.15) is 23.6 Å². The van der Waals surface area contributed by atoms with Gasteiger partial charge in [0.2, 0.25) is 0 Å². The number of nitriles is 1. The first-order chi connectivity index (χ1) is 10.1. The Kier molecular flexibility index (Phi) is 5.21. The molecule has 0 aromatic heterocycles. The number of benzene rings is 2. The van der Waals surface area contributed by atoms with Crippen LogP contribution in [0.15, 0.2) is 42.5 Å². The van der Waals surface area contributed by atoms with Crippen LogP contribution in [0.4, 0.5) is 0 Å². The molecule has 1 atom stereocenters. The van der Waals surface area contributed by atoms with Gasteiger partial charge in [0.05, 0.1) is 16.7 Å². The van der Waals surface area contributed by atoms with Crippen LogP contribution in [0.25, 0.3) is 0 Å². The summed E-state index contributed by atoms with van der Waals surface area (Å²) < 4.78 is 5.71. The van der Waals surface area contributed by atoms with E-state index in [0.29, 0.717) is 22.9 Å². The largest absolute Gasteiger partial charge is 0.487 e. The minimum absolute atomic E-state index is 0.0987. The minimum atomic E-state index is 0.0987. The Morgan fingerprint density at radius 2 is 2.05 bits per heavy atom. The lowest BCUT2D eigenvalue weighted by molar-refractivity contribution is 0.306. The van der Waals surface area contributed by atoms with Crippen molar-refractivity contribution in [2.45, 2.75) is 26.0 Å². The fourth-order valence-corrected chi connectivity index (χ4v) is 2.31. The number of ether oxygens (including phenoxy) is 1. The highest BCUT2D eigenvalue weighted by atomic mass is 35.5. The lowest BCUT2D eigenvalue weighted by atomic mass is 10.1. The van der Waals surface area contributed by atoms with Gasteiger partial charge in [-0.3, -0.25) is 0 Å². The summed E-state index contributed by atoms with van der Waals surface area (Å²) in [5, 5.41) is 9.45. The molecule has 0 radical (unpaired) electrons. The van der Waals surface area contributed by atoms with E-state index in [4.69, 9.17) is 27.3 Å². The maximum absolute atomic E-state index is 8.87. The Hall–Kier alpha value is -2.02. The third kappa shape index (κ3) is 4.49. The summed E-state index contributed by atoms with van der Waals surface area (Å²) in [5.74, 6) is 0.632. The van der Waals surface area contributed by atoms with Gasteiger partial charge in [-0.05, 0) is 48.7 Å². The molecule has 2 rings (SSSR count). The molecule has 108 valence electrons. The molecule has 2 aromatic rings. The summed E-state index contributed by atoms with van der Waals surface area (Å²) in [6, 6.07) is 15.2. The molecule has 0 saturated heterocycles. The number of nitrogens with zero attached hydrogens (tertiary/aromatic N) is 1. The lowest BCUT2D eigenvalue weighted by Crippen LogP contribution is -2.17. The molecule has 0 spiro atoms. The first kappa shape index (κ1) is 15.4. The first-order valence-corrected chi connectivity index (χ1v) is 7.12. The summed E-state index contributed by atoms with van der Waals surface area (Å²) in [6.07, 6.45) is 0.782. The van der Waals surface area contributed by atoms with Gasteiger partial charge in [0, 0.05) is 6.04 Å². The van der Waals surface area contributed by atoms with Gasteiger partial charge >= 0.3 is 0 Å². The average Bonchev–Trinajstić information content (AvgIpc) is 2.46. The van der Waals surface area contributed by atoms with Crippen LogP contribution >= 0.6 is 11.6 Å². The van der Waals surface area contributed by atoms with Crippen molar-refractivity contribution in [2.75, 3.05) is 0 Å². The summed E-state index contributed by atoms with van der Waals surface area (Å²) in [4.78, 5) is 0. The zero-order valence-electron chi connectivity index (χ0n) is 11.8. The van der Waals surface area contributed by atoms with Gasteiger partial charge in [0.15, 0.2) is 0 Å². The predicted molar refractivity (Wildman–Crippen MR) is 84.3 cm³/mol. The average molecular weight is 301 g/mol. The molecule has 0 amide bonds. The molecule has 0 heterocycles. The highest BCUT2D eigenvalue weighted by Crippen LogP contribution is 2.26. The maximum Gasteiger partial charge on any atom is 0.138 e. The molecule has 0 bridgehead atoms. The Balaban J connectivity index is 2.04. The molecule has 0 saturated carbocycles. The Labute approximate surface area is 129 Å². The highest BCUT2D eigenvalue weighted by Gasteiger charge is 2.05. The Bertz CT molecular complexity index is 662. The van der Waals surface area contributed by atoms with Gasteiger partial charge in [-0.2, -0.15) is 5.26 Å². The zero-order valence-corrected chi connectivity index (χ0v) is 12.6. The van der Waals surface area contributed by atoms with Gasteiger partial charge < -0.3 is 10.5 Å². The van der Waals surface area contributed by atoms with E-state index in [1.165, 1.54) is 0 Å². The van der Waals surface area contributed by atoms with E-state index >= 15 is 0 Å². The van der Waals surface area contributed by atoms with Crippen LogP contribution in [-0.4, -0.2) is 6.04 Å². The van der Waals surface area contributed by atoms with E-state index in [1.807, 2.05) is 37.3 Å². The number of rotatable bonds is 5. The van der Waals surface area contributed by atoms with E-state index < -0.39 is 0 Å². The first-order valence-electron chi connectivity index (χ1n) is 6.74. The quantitative estimate of drug-likeness (QED) is 0.916. The number of hydrogen-bond acceptors (Lipinski definition) is 3. The van der Waals surface area contributed by atoms with Gasteiger partial charge in [-0.15, -0.1) is 0 Å². The van der Waals surface area contributed by atoms with E-state index in [-0.39, 0.29) is 6.04 Å². The van der Waals surface area contributed by atoms with Crippen molar-refractivity contribution in [3.63, 3.8) is 0 Å². The molecule has 0 fully saturated rings. The molecular formula is C17H17ClN2O. The second kappa shape index (κ2) is 7.12. The zero-order chi connectivity index (χ0) is 15.2. The van der Waals surface area contributed by atoms with Crippen LogP contribution in [0, 0.1) is 11.3 Å². The molecule has 4 heteroatoms. The summed E-state index contributed by atoms with van der Waals surface area (Å²) in [6.45, 7) is 2.34. The maximum atomic E-state index is 8.87. The fraction of sp³-hybridized carbons (Fsp3) is 0.235. The Morgan fingerprint density at radius 1 is 1.24 bits per heavy atom. The monoisotopic (exact) mass is 300 g/mol. The van der Waals surface area contributed by atoms with Crippen molar-refractivity contribution in [3.05, 3.63) is 64.2 Å². The second-order valence-electron chi connectivity index (χ2n) is 5.05. The smallest absolute Gasteiger partial charge is 0.138 e. The Morgan fingerprint density at radius 3 is 2.71 bits per heavy atom. The summed E-state index contributed by atoms with van der Waals surface area (Å²) in [5.41, 5.74) is 8.42. The van der Waals surface area contributed by atoms with E-state index in [9.17, 15) is 0 Å². The van der Waals surface area contributed by atoms with Crippen molar-refractivity contribution < 1.29 is 4.74 Å². The number of halogens is 1. The lowest BCUT2D eigenvalue weighted by Gasteiger charge is -2.11. The van der Waals surface area contributed by atoms with Crippen molar-refractivity contribution in [1.29, 1.82) is 5.26 Å². The third-order valence-corrected chi connectivity index (χ3v) is 3.30.